The second-order valence-electron chi connectivity index (χ2n) is 4.24. The average molecular weight is 289 g/mol. The number of nitrogens with zero attached hydrogens (tertiary/aromatic N) is 1. The van der Waals surface area contributed by atoms with Crippen LogP contribution in [0.1, 0.15) is 15.9 Å². The van der Waals surface area contributed by atoms with Gasteiger partial charge in [-0.2, -0.15) is 0 Å². The number of amides is 5. The number of benzene rings is 1. The van der Waals surface area contributed by atoms with Crippen molar-refractivity contribution in [3.8, 4) is 0 Å². The summed E-state index contributed by atoms with van der Waals surface area (Å²) in [5, 5.41) is 3.88. The zero-order valence-electron chi connectivity index (χ0n) is 9.88. The summed E-state index contributed by atoms with van der Waals surface area (Å²) in [6.07, 6.45) is 0. The lowest BCUT2D eigenvalue weighted by Gasteiger charge is -2.28. The fourth-order valence-electron chi connectivity index (χ4n) is 2.19. The highest BCUT2D eigenvalue weighted by Gasteiger charge is 2.46. The Morgan fingerprint density at radius 3 is 2.05 bits per heavy atom. The molecule has 0 bridgehead atoms. The number of hydrogen-bond donors (Lipinski definition) is 2. The molecule has 3 rings (SSSR count). The van der Waals surface area contributed by atoms with Gasteiger partial charge in [0.2, 0.25) is 0 Å². The van der Waals surface area contributed by atoms with Crippen LogP contribution in [-0.2, 0) is 9.59 Å². The number of hydrogen-bond acceptors (Lipinski definition) is 5. The van der Waals surface area contributed by atoms with E-state index in [4.69, 9.17) is 12.2 Å². The predicted octanol–water partition coefficient (Wildman–Crippen LogP) is -0.448. The fraction of sp³-hybridized carbons (Fsp3) is 0.0833. The van der Waals surface area contributed by atoms with Crippen LogP contribution in [0.4, 0.5) is 4.79 Å². The summed E-state index contributed by atoms with van der Waals surface area (Å²) in [6, 6.07) is 4.18. The van der Waals surface area contributed by atoms with Gasteiger partial charge in [-0.1, -0.05) is 30.4 Å². The van der Waals surface area contributed by atoms with Crippen LogP contribution in [0, 0.1) is 0 Å². The van der Waals surface area contributed by atoms with Gasteiger partial charge in [0.15, 0.2) is 6.04 Å². The Morgan fingerprint density at radius 1 is 0.950 bits per heavy atom. The van der Waals surface area contributed by atoms with Crippen LogP contribution in [0.25, 0.3) is 0 Å². The molecular weight excluding hydrogens is 282 g/mol. The molecule has 0 radical (unpaired) electrons. The Labute approximate surface area is 117 Å². The molecule has 0 unspecified atom stereocenters. The van der Waals surface area contributed by atoms with Crippen LogP contribution in [0.2, 0.25) is 0 Å². The van der Waals surface area contributed by atoms with E-state index in [1.54, 1.807) is 24.3 Å². The minimum atomic E-state index is -1.47. The Hall–Kier alpha value is -2.61. The number of carbonyl (C=O) groups excluding carboxylic acids is 4. The first-order valence-electron chi connectivity index (χ1n) is 5.63. The Morgan fingerprint density at radius 2 is 1.50 bits per heavy atom. The number of urea groups is 1. The fourth-order valence-corrected chi connectivity index (χ4v) is 2.55. The Bertz CT molecular complexity index is 645. The summed E-state index contributed by atoms with van der Waals surface area (Å²) in [5.41, 5.74) is 0.819. The molecule has 1 saturated heterocycles. The highest BCUT2D eigenvalue weighted by atomic mass is 32.1. The van der Waals surface area contributed by atoms with Crippen molar-refractivity contribution >= 4 is 41.0 Å². The van der Waals surface area contributed by atoms with E-state index >= 15 is 0 Å². The Kier molecular flexibility index (Phi) is 2.61. The second kappa shape index (κ2) is 4.20. The molecule has 5 amide bonds. The van der Waals surface area contributed by atoms with Crippen molar-refractivity contribution in [1.29, 1.82) is 0 Å². The van der Waals surface area contributed by atoms with Gasteiger partial charge in [0.05, 0.1) is 5.56 Å². The molecule has 0 aromatic heterocycles. The molecule has 2 N–H and O–H groups in total. The number of fused-ring (bicyclic) bond motifs is 1. The molecule has 2 aliphatic rings. The largest absolute Gasteiger partial charge is 0.328 e. The number of barbiturate groups is 1. The summed E-state index contributed by atoms with van der Waals surface area (Å²) in [5.74, 6) is -2.28. The van der Waals surface area contributed by atoms with Crippen LogP contribution >= 0.6 is 12.2 Å². The van der Waals surface area contributed by atoms with E-state index in [1.807, 2.05) is 10.6 Å². The van der Waals surface area contributed by atoms with Crippen LogP contribution in [0.15, 0.2) is 24.3 Å². The lowest BCUT2D eigenvalue weighted by Crippen LogP contribution is -2.65. The lowest BCUT2D eigenvalue weighted by molar-refractivity contribution is -0.135. The van der Waals surface area contributed by atoms with E-state index in [2.05, 4.69) is 0 Å². The smallest absolute Gasteiger partial charge is 0.277 e. The standard InChI is InChI=1S/C12H7N3O4S/c16-8-7(9(17)14-12(19)13-8)15-10(18)5-3-1-2-4-6(5)11(15)20/h1-4,7H,(H2,13,14,16,17,19). The third-order valence-electron chi connectivity index (χ3n) is 3.05. The number of thiocarbonyl (C=S) groups is 1. The highest BCUT2D eigenvalue weighted by Crippen LogP contribution is 2.26. The average Bonchev–Trinajstić information content (AvgIpc) is 2.64. The van der Waals surface area contributed by atoms with Crippen molar-refractivity contribution in [1.82, 2.24) is 15.5 Å². The minimum absolute atomic E-state index is 0.0928. The lowest BCUT2D eigenvalue weighted by atomic mass is 10.1. The maximum atomic E-state index is 12.3. The van der Waals surface area contributed by atoms with Crippen molar-refractivity contribution in [2.24, 2.45) is 0 Å². The molecular formula is C12H7N3O4S. The van der Waals surface area contributed by atoms with Gasteiger partial charge in [-0.25, -0.2) is 4.79 Å². The molecule has 7 nitrogen and oxygen atoms in total. The second-order valence-corrected chi connectivity index (χ2v) is 4.62. The van der Waals surface area contributed by atoms with Gasteiger partial charge in [0.1, 0.15) is 4.99 Å². The van der Waals surface area contributed by atoms with Crippen molar-refractivity contribution in [2.45, 2.75) is 6.04 Å². The predicted molar refractivity (Wildman–Crippen MR) is 69.8 cm³/mol. The van der Waals surface area contributed by atoms with E-state index in [0.717, 1.165) is 4.90 Å². The molecule has 0 atom stereocenters. The van der Waals surface area contributed by atoms with Crippen LogP contribution in [0.5, 0.6) is 0 Å². The maximum absolute atomic E-state index is 12.3. The molecule has 1 fully saturated rings. The molecule has 100 valence electrons. The van der Waals surface area contributed by atoms with Crippen molar-refractivity contribution in [2.75, 3.05) is 0 Å². The van der Waals surface area contributed by atoms with Crippen LogP contribution in [0.3, 0.4) is 0 Å². The molecule has 2 aliphatic heterocycles. The van der Waals surface area contributed by atoms with Crippen LogP contribution < -0.4 is 10.6 Å². The van der Waals surface area contributed by atoms with Gasteiger partial charge in [0.25, 0.3) is 17.7 Å². The van der Waals surface area contributed by atoms with Gasteiger partial charge < -0.3 is 0 Å². The number of rotatable bonds is 1. The molecule has 1 aromatic rings. The summed E-state index contributed by atoms with van der Waals surface area (Å²) >= 11 is 5.15. The number of carbonyl (C=O) groups is 4. The first-order chi connectivity index (χ1) is 9.50. The molecule has 2 heterocycles. The van der Waals surface area contributed by atoms with Crippen molar-refractivity contribution in [3.05, 3.63) is 35.4 Å². The van der Waals surface area contributed by atoms with Gasteiger partial charge >= 0.3 is 6.03 Å². The maximum Gasteiger partial charge on any atom is 0.328 e. The van der Waals surface area contributed by atoms with E-state index < -0.39 is 29.8 Å². The number of nitrogens with one attached hydrogen (secondary N) is 2. The molecule has 8 heteroatoms. The summed E-state index contributed by atoms with van der Waals surface area (Å²) in [7, 11) is 0. The Balaban J connectivity index is 2.03. The van der Waals surface area contributed by atoms with Gasteiger partial charge in [-0.3, -0.25) is 29.9 Å². The highest BCUT2D eigenvalue weighted by molar-refractivity contribution is 7.80. The molecule has 0 spiro atoms. The third kappa shape index (κ3) is 1.62. The molecule has 0 saturated carbocycles. The monoisotopic (exact) mass is 289 g/mol. The normalized spacial score (nSPS) is 19.0. The summed E-state index contributed by atoms with van der Waals surface area (Å²) < 4.78 is 0. The SMILES string of the molecule is O=C1NC(=O)C(N2C(=O)c3ccccc3C2=S)C(=O)N1. The zero-order chi connectivity index (χ0) is 14.4. The minimum Gasteiger partial charge on any atom is -0.277 e. The van der Waals surface area contributed by atoms with E-state index in [-0.39, 0.29) is 4.99 Å². The van der Waals surface area contributed by atoms with E-state index in [0.29, 0.717) is 11.1 Å². The van der Waals surface area contributed by atoms with Gasteiger partial charge in [-0.15, -0.1) is 0 Å². The molecule has 0 aliphatic carbocycles. The van der Waals surface area contributed by atoms with Crippen LogP contribution in [-0.4, -0.2) is 39.7 Å². The molecule has 1 aromatic carbocycles. The number of imide groups is 2. The zero-order valence-corrected chi connectivity index (χ0v) is 10.7. The molecule has 20 heavy (non-hydrogen) atoms. The van der Waals surface area contributed by atoms with Crippen molar-refractivity contribution in [3.63, 3.8) is 0 Å². The van der Waals surface area contributed by atoms with Gasteiger partial charge in [0, 0.05) is 5.56 Å². The summed E-state index contributed by atoms with van der Waals surface area (Å²) in [4.78, 5) is 47.9. The van der Waals surface area contributed by atoms with E-state index in [9.17, 15) is 19.2 Å². The topological polar surface area (TPSA) is 95.6 Å². The third-order valence-corrected chi connectivity index (χ3v) is 3.47. The first kappa shape index (κ1) is 12.4. The quantitative estimate of drug-likeness (QED) is 0.539. The van der Waals surface area contributed by atoms with E-state index in [1.165, 1.54) is 0 Å². The van der Waals surface area contributed by atoms with Crippen molar-refractivity contribution < 1.29 is 19.2 Å². The first-order valence-corrected chi connectivity index (χ1v) is 6.04. The van der Waals surface area contributed by atoms with Gasteiger partial charge in [-0.05, 0) is 6.07 Å². The summed E-state index contributed by atoms with van der Waals surface area (Å²) in [6.45, 7) is 0.